The van der Waals surface area contributed by atoms with Crippen LogP contribution in [0.2, 0.25) is 0 Å². The van der Waals surface area contributed by atoms with Crippen LogP contribution in [0.1, 0.15) is 18.4 Å². The van der Waals surface area contributed by atoms with E-state index in [9.17, 15) is 8.78 Å². The molecule has 2 bridgehead atoms. The van der Waals surface area contributed by atoms with Crippen LogP contribution >= 0.6 is 15.9 Å². The second-order valence-electron chi connectivity index (χ2n) is 4.79. The topological polar surface area (TPSA) is 0 Å². The molecule has 1 aromatic rings. The molecule has 0 heterocycles. The normalized spacial score (nSPS) is 40.5. The Bertz CT molecular complexity index is 393. The Balaban J connectivity index is 1.99. The van der Waals surface area contributed by atoms with E-state index in [1.165, 1.54) is 0 Å². The summed E-state index contributed by atoms with van der Waals surface area (Å²) in [6, 6.07) is 9.20. The largest absolute Gasteiger partial charge is 0.264 e. The van der Waals surface area contributed by atoms with Gasteiger partial charge in [-0.1, -0.05) is 46.3 Å². The van der Waals surface area contributed by atoms with Gasteiger partial charge in [-0.3, -0.25) is 0 Å². The molecule has 3 aliphatic rings. The molecule has 80 valence electrons. The highest BCUT2D eigenvalue weighted by atomic mass is 79.9. The predicted molar refractivity (Wildman–Crippen MR) is 58.5 cm³/mol. The van der Waals surface area contributed by atoms with Crippen molar-refractivity contribution in [2.24, 2.45) is 5.41 Å². The van der Waals surface area contributed by atoms with Gasteiger partial charge in [-0.15, -0.1) is 0 Å². The van der Waals surface area contributed by atoms with Crippen LogP contribution in [-0.2, 0) is 5.41 Å². The molecule has 0 atom stereocenters. The maximum atomic E-state index is 13.9. The van der Waals surface area contributed by atoms with Gasteiger partial charge in [0.05, 0.1) is 5.41 Å². The molecule has 15 heavy (non-hydrogen) atoms. The maximum absolute atomic E-state index is 13.9. The molecule has 0 spiro atoms. The summed E-state index contributed by atoms with van der Waals surface area (Å²) in [7, 11) is 0. The van der Waals surface area contributed by atoms with Crippen molar-refractivity contribution in [3.05, 3.63) is 35.9 Å². The Morgan fingerprint density at radius 3 is 2.20 bits per heavy atom. The fourth-order valence-corrected chi connectivity index (χ4v) is 3.91. The number of hydrogen-bond acceptors (Lipinski definition) is 0. The molecule has 0 amide bonds. The van der Waals surface area contributed by atoms with E-state index in [-0.39, 0.29) is 0 Å². The standard InChI is InChI=1S/C12H11BrF2/c13-8-10-6-11(7-10,12(10,14)15)9-4-2-1-3-5-9/h1-5H,6-8H2. The molecule has 0 N–H and O–H groups in total. The molecule has 4 rings (SSSR count). The number of rotatable bonds is 2. The van der Waals surface area contributed by atoms with Crippen LogP contribution in [0.15, 0.2) is 30.3 Å². The zero-order valence-corrected chi connectivity index (χ0v) is 9.73. The SMILES string of the molecule is FC1(F)C2(CBr)CC1(c1ccccc1)C2. The van der Waals surface area contributed by atoms with Crippen molar-refractivity contribution < 1.29 is 8.78 Å². The fourth-order valence-electron chi connectivity index (χ4n) is 3.16. The van der Waals surface area contributed by atoms with E-state index in [4.69, 9.17) is 0 Å². The molecule has 0 aliphatic heterocycles. The second-order valence-corrected chi connectivity index (χ2v) is 5.35. The predicted octanol–water partition coefficient (Wildman–Crippen LogP) is 3.75. The quantitative estimate of drug-likeness (QED) is 0.720. The minimum Gasteiger partial charge on any atom is -0.205 e. The van der Waals surface area contributed by atoms with Crippen LogP contribution in [0.5, 0.6) is 0 Å². The molecule has 0 aromatic heterocycles. The van der Waals surface area contributed by atoms with Gasteiger partial charge < -0.3 is 0 Å². The van der Waals surface area contributed by atoms with Gasteiger partial charge in [0.1, 0.15) is 0 Å². The van der Waals surface area contributed by atoms with Crippen molar-refractivity contribution in [1.29, 1.82) is 0 Å². The highest BCUT2D eigenvalue weighted by Gasteiger charge is 2.87. The number of halogens is 3. The van der Waals surface area contributed by atoms with Crippen molar-refractivity contribution in [1.82, 2.24) is 0 Å². The van der Waals surface area contributed by atoms with E-state index >= 15 is 0 Å². The first-order chi connectivity index (χ1) is 7.08. The average Bonchev–Trinajstić information content (AvgIpc) is 2.18. The first kappa shape index (κ1) is 9.76. The molecule has 1 aromatic carbocycles. The Morgan fingerprint density at radius 2 is 1.73 bits per heavy atom. The molecular weight excluding hydrogens is 262 g/mol. The molecule has 3 aliphatic carbocycles. The lowest BCUT2D eigenvalue weighted by Crippen LogP contribution is -2.82. The minimum atomic E-state index is -2.52. The highest BCUT2D eigenvalue weighted by molar-refractivity contribution is 9.09. The average molecular weight is 273 g/mol. The van der Waals surface area contributed by atoms with E-state index < -0.39 is 16.8 Å². The van der Waals surface area contributed by atoms with E-state index in [0.717, 1.165) is 5.56 Å². The summed E-state index contributed by atoms with van der Waals surface area (Å²) in [5.74, 6) is -2.52. The molecule has 3 heteroatoms. The van der Waals surface area contributed by atoms with Crippen LogP contribution in [0, 0.1) is 5.41 Å². The Hall–Kier alpha value is -0.440. The third-order valence-electron chi connectivity index (χ3n) is 4.13. The maximum Gasteiger partial charge on any atom is 0.264 e. The van der Waals surface area contributed by atoms with Crippen molar-refractivity contribution in [2.45, 2.75) is 24.2 Å². The van der Waals surface area contributed by atoms with Gasteiger partial charge in [0.25, 0.3) is 5.92 Å². The van der Waals surface area contributed by atoms with Gasteiger partial charge in [0.15, 0.2) is 0 Å². The summed E-state index contributed by atoms with van der Waals surface area (Å²) in [5, 5.41) is 0.418. The van der Waals surface area contributed by atoms with Crippen molar-refractivity contribution in [3.63, 3.8) is 0 Å². The van der Waals surface area contributed by atoms with E-state index in [1.54, 1.807) is 0 Å². The third kappa shape index (κ3) is 0.836. The van der Waals surface area contributed by atoms with Crippen LogP contribution in [0.25, 0.3) is 0 Å². The molecular formula is C12H11BrF2. The summed E-state index contributed by atoms with van der Waals surface area (Å²) < 4.78 is 27.9. The van der Waals surface area contributed by atoms with Crippen LogP contribution in [0.4, 0.5) is 8.78 Å². The Kier molecular flexibility index (Phi) is 1.71. The van der Waals surface area contributed by atoms with Gasteiger partial charge in [-0.05, 0) is 18.4 Å². The van der Waals surface area contributed by atoms with Crippen molar-refractivity contribution >= 4 is 15.9 Å². The van der Waals surface area contributed by atoms with Gasteiger partial charge >= 0.3 is 0 Å². The summed E-state index contributed by atoms with van der Waals surface area (Å²) >= 11 is 3.21. The lowest BCUT2D eigenvalue weighted by atomic mass is 9.31. The fraction of sp³-hybridized carbons (Fsp3) is 0.500. The van der Waals surface area contributed by atoms with E-state index in [2.05, 4.69) is 15.9 Å². The lowest BCUT2D eigenvalue weighted by molar-refractivity contribution is -0.359. The van der Waals surface area contributed by atoms with Crippen molar-refractivity contribution in [3.8, 4) is 0 Å². The number of alkyl halides is 3. The number of benzene rings is 1. The molecule has 0 radical (unpaired) electrons. The monoisotopic (exact) mass is 272 g/mol. The Morgan fingerprint density at radius 1 is 1.13 bits per heavy atom. The van der Waals surface area contributed by atoms with Crippen LogP contribution in [0.3, 0.4) is 0 Å². The van der Waals surface area contributed by atoms with Gasteiger partial charge in [-0.2, -0.15) is 0 Å². The lowest BCUT2D eigenvalue weighted by Gasteiger charge is -2.75. The molecule has 0 saturated heterocycles. The molecule has 3 saturated carbocycles. The van der Waals surface area contributed by atoms with Gasteiger partial charge in [-0.25, -0.2) is 8.78 Å². The minimum absolute atomic E-state index is 0.418. The van der Waals surface area contributed by atoms with Crippen LogP contribution < -0.4 is 0 Å². The first-order valence-corrected chi connectivity index (χ1v) is 6.20. The summed E-state index contributed by atoms with van der Waals surface area (Å²) in [6.45, 7) is 0. The summed E-state index contributed by atoms with van der Waals surface area (Å²) in [6.07, 6.45) is 1.25. The summed E-state index contributed by atoms with van der Waals surface area (Å²) in [4.78, 5) is 0. The summed E-state index contributed by atoms with van der Waals surface area (Å²) in [5.41, 5.74) is -0.789. The first-order valence-electron chi connectivity index (χ1n) is 5.07. The third-order valence-corrected chi connectivity index (χ3v) is 5.20. The zero-order valence-electron chi connectivity index (χ0n) is 8.14. The molecule has 0 nitrogen and oxygen atoms in total. The molecule has 0 unspecified atom stereocenters. The molecule has 3 fully saturated rings. The number of hydrogen-bond donors (Lipinski definition) is 0. The smallest absolute Gasteiger partial charge is 0.205 e. The van der Waals surface area contributed by atoms with E-state index in [0.29, 0.717) is 18.2 Å². The van der Waals surface area contributed by atoms with Crippen molar-refractivity contribution in [2.75, 3.05) is 5.33 Å². The van der Waals surface area contributed by atoms with Crippen LogP contribution in [-0.4, -0.2) is 11.3 Å². The van der Waals surface area contributed by atoms with Gasteiger partial charge in [0, 0.05) is 10.7 Å². The Labute approximate surface area is 95.8 Å². The van der Waals surface area contributed by atoms with E-state index in [1.807, 2.05) is 30.3 Å². The van der Waals surface area contributed by atoms with Gasteiger partial charge in [0.2, 0.25) is 0 Å². The second kappa shape index (κ2) is 2.62. The zero-order chi connectivity index (χ0) is 10.7. The highest BCUT2D eigenvalue weighted by Crippen LogP contribution is 2.81.